The van der Waals surface area contributed by atoms with Crippen molar-refractivity contribution in [1.29, 1.82) is 0 Å². The molecule has 0 atom stereocenters. The fourth-order valence-corrected chi connectivity index (χ4v) is 9.19. The van der Waals surface area contributed by atoms with E-state index in [2.05, 4.69) is 187 Å². The SMILES string of the molecule is c1ccc(-c2ccc(N(c3ccc(-c4ccc5ccc6ccccc6c5c4)cc3)c3ccc4sc5ccccc5c4c3)c3c2oc2ccccc23)cc1. The third-order valence-electron chi connectivity index (χ3n) is 10.7. The maximum Gasteiger partial charge on any atom is 0.145 e. The molecule has 2 heterocycles. The zero-order chi connectivity index (χ0) is 34.9. The Kier molecular flexibility index (Phi) is 6.76. The van der Waals surface area contributed by atoms with Crippen LogP contribution in [0.5, 0.6) is 0 Å². The molecule has 0 aliphatic heterocycles. The summed E-state index contributed by atoms with van der Waals surface area (Å²) in [6.45, 7) is 0. The standard InChI is InChI=1S/C50H31NOS/c1-2-10-33(11-3-1)40-27-28-45(49-42-15-6-8-16-46(42)52-50(40)49)51(38-26-29-48-44(31-38)41-14-7-9-17-47(41)53-48)37-24-22-32(23-25-37)36-21-20-35-19-18-34-12-4-5-13-39(34)43(35)30-36/h1-31H. The van der Waals surface area contributed by atoms with Crippen molar-refractivity contribution in [3.8, 4) is 22.3 Å². The van der Waals surface area contributed by atoms with Crippen LogP contribution in [0.25, 0.3) is 85.9 Å². The van der Waals surface area contributed by atoms with Gasteiger partial charge in [0.05, 0.1) is 11.1 Å². The van der Waals surface area contributed by atoms with Crippen LogP contribution in [0.2, 0.25) is 0 Å². The van der Waals surface area contributed by atoms with Crippen molar-refractivity contribution in [3.05, 3.63) is 188 Å². The van der Waals surface area contributed by atoms with Crippen LogP contribution in [-0.2, 0) is 0 Å². The van der Waals surface area contributed by atoms with Crippen molar-refractivity contribution < 1.29 is 4.42 Å². The molecule has 248 valence electrons. The molecule has 53 heavy (non-hydrogen) atoms. The van der Waals surface area contributed by atoms with Gasteiger partial charge in [-0.1, -0.05) is 127 Å². The molecule has 2 aromatic heterocycles. The van der Waals surface area contributed by atoms with Gasteiger partial charge in [-0.25, -0.2) is 0 Å². The summed E-state index contributed by atoms with van der Waals surface area (Å²) in [5.41, 5.74) is 9.63. The van der Waals surface area contributed by atoms with E-state index in [1.165, 1.54) is 52.8 Å². The zero-order valence-corrected chi connectivity index (χ0v) is 29.5. The summed E-state index contributed by atoms with van der Waals surface area (Å²) in [7, 11) is 0. The highest BCUT2D eigenvalue weighted by Crippen LogP contribution is 2.47. The molecule has 2 nitrogen and oxygen atoms in total. The topological polar surface area (TPSA) is 16.4 Å². The summed E-state index contributed by atoms with van der Waals surface area (Å²) in [6, 6.07) is 68.0. The summed E-state index contributed by atoms with van der Waals surface area (Å²) < 4.78 is 9.32. The molecule has 0 fully saturated rings. The Labute approximate surface area is 310 Å². The molecule has 0 unspecified atom stereocenters. The Morgan fingerprint density at radius 1 is 0.396 bits per heavy atom. The van der Waals surface area contributed by atoms with Crippen LogP contribution in [0.3, 0.4) is 0 Å². The Morgan fingerprint density at radius 2 is 1.06 bits per heavy atom. The Morgan fingerprint density at radius 3 is 1.92 bits per heavy atom. The molecule has 0 radical (unpaired) electrons. The van der Waals surface area contributed by atoms with Gasteiger partial charge in [-0.15, -0.1) is 11.3 Å². The largest absolute Gasteiger partial charge is 0.455 e. The molecular formula is C50H31NOS. The number of thiophene rings is 1. The molecular weight excluding hydrogens is 663 g/mol. The van der Waals surface area contributed by atoms with Crippen molar-refractivity contribution in [2.45, 2.75) is 0 Å². The van der Waals surface area contributed by atoms with Gasteiger partial charge in [0.15, 0.2) is 0 Å². The predicted molar refractivity (Wildman–Crippen MR) is 227 cm³/mol. The number of para-hydroxylation sites is 1. The van der Waals surface area contributed by atoms with Gasteiger partial charge < -0.3 is 9.32 Å². The highest BCUT2D eigenvalue weighted by atomic mass is 32.1. The lowest BCUT2D eigenvalue weighted by molar-refractivity contribution is 0.670. The summed E-state index contributed by atoms with van der Waals surface area (Å²) in [5, 5.41) is 9.81. The van der Waals surface area contributed by atoms with E-state index in [4.69, 9.17) is 4.42 Å². The van der Waals surface area contributed by atoms with Crippen LogP contribution in [0.15, 0.2) is 192 Å². The Balaban J connectivity index is 1.13. The molecule has 0 aliphatic carbocycles. The molecule has 0 saturated carbocycles. The van der Waals surface area contributed by atoms with E-state index in [-0.39, 0.29) is 0 Å². The number of hydrogen-bond donors (Lipinski definition) is 0. The average molecular weight is 694 g/mol. The van der Waals surface area contributed by atoms with Crippen LogP contribution in [0.1, 0.15) is 0 Å². The lowest BCUT2D eigenvalue weighted by Gasteiger charge is -2.27. The number of anilines is 3. The first-order valence-corrected chi connectivity index (χ1v) is 18.8. The molecule has 3 heteroatoms. The summed E-state index contributed by atoms with van der Waals surface area (Å²) >= 11 is 1.85. The Hall–Kier alpha value is -6.68. The minimum Gasteiger partial charge on any atom is -0.455 e. The van der Waals surface area contributed by atoms with Crippen LogP contribution >= 0.6 is 11.3 Å². The maximum atomic E-state index is 6.73. The summed E-state index contributed by atoms with van der Waals surface area (Å²) in [6.07, 6.45) is 0. The first-order chi connectivity index (χ1) is 26.3. The molecule has 11 rings (SSSR count). The number of nitrogens with zero attached hydrogens (tertiary/aromatic N) is 1. The van der Waals surface area contributed by atoms with Gasteiger partial charge in [0.25, 0.3) is 0 Å². The highest BCUT2D eigenvalue weighted by molar-refractivity contribution is 7.25. The second-order valence-electron chi connectivity index (χ2n) is 13.7. The summed E-state index contributed by atoms with van der Waals surface area (Å²) in [5.74, 6) is 0. The van der Waals surface area contributed by atoms with Crippen LogP contribution in [0, 0.1) is 0 Å². The fraction of sp³-hybridized carbons (Fsp3) is 0. The fourth-order valence-electron chi connectivity index (χ4n) is 8.11. The van der Waals surface area contributed by atoms with E-state index in [1.54, 1.807) is 0 Å². The number of rotatable bonds is 5. The van der Waals surface area contributed by atoms with Gasteiger partial charge in [-0.2, -0.15) is 0 Å². The number of hydrogen-bond acceptors (Lipinski definition) is 3. The van der Waals surface area contributed by atoms with Gasteiger partial charge in [-0.3, -0.25) is 0 Å². The van der Waals surface area contributed by atoms with Crippen molar-refractivity contribution in [3.63, 3.8) is 0 Å². The van der Waals surface area contributed by atoms with Crippen LogP contribution in [-0.4, -0.2) is 0 Å². The van der Waals surface area contributed by atoms with Gasteiger partial charge in [0.1, 0.15) is 11.2 Å². The third-order valence-corrected chi connectivity index (χ3v) is 11.8. The number of fused-ring (bicyclic) bond motifs is 9. The van der Waals surface area contributed by atoms with E-state index in [1.807, 2.05) is 17.4 Å². The monoisotopic (exact) mass is 693 g/mol. The number of benzene rings is 9. The normalized spacial score (nSPS) is 11.8. The average Bonchev–Trinajstić information content (AvgIpc) is 3.80. The number of furan rings is 1. The maximum absolute atomic E-state index is 6.73. The zero-order valence-electron chi connectivity index (χ0n) is 28.7. The lowest BCUT2D eigenvalue weighted by atomic mass is 9.97. The Bertz CT molecular complexity index is 3170. The van der Waals surface area contributed by atoms with E-state index in [9.17, 15) is 0 Å². The second-order valence-corrected chi connectivity index (χ2v) is 14.8. The minimum absolute atomic E-state index is 0.880. The molecule has 0 N–H and O–H groups in total. The van der Waals surface area contributed by atoms with Gasteiger partial charge in [-0.05, 0) is 98.9 Å². The van der Waals surface area contributed by atoms with Crippen molar-refractivity contribution >= 4 is 92.1 Å². The van der Waals surface area contributed by atoms with E-state index < -0.39 is 0 Å². The van der Waals surface area contributed by atoms with Gasteiger partial charge in [0.2, 0.25) is 0 Å². The van der Waals surface area contributed by atoms with E-state index in [0.29, 0.717) is 0 Å². The van der Waals surface area contributed by atoms with Gasteiger partial charge >= 0.3 is 0 Å². The predicted octanol–water partition coefficient (Wildman–Crippen LogP) is 15.1. The first-order valence-electron chi connectivity index (χ1n) is 18.0. The van der Waals surface area contributed by atoms with Crippen LogP contribution in [0.4, 0.5) is 17.1 Å². The molecule has 0 bridgehead atoms. The van der Waals surface area contributed by atoms with Crippen LogP contribution < -0.4 is 4.90 Å². The van der Waals surface area contributed by atoms with Crippen molar-refractivity contribution in [2.75, 3.05) is 4.90 Å². The molecule has 0 aliphatic rings. The molecule has 0 amide bonds. The first kappa shape index (κ1) is 30.0. The molecule has 0 spiro atoms. The minimum atomic E-state index is 0.880. The van der Waals surface area contributed by atoms with Crippen molar-refractivity contribution in [1.82, 2.24) is 0 Å². The third kappa shape index (κ3) is 4.86. The smallest absolute Gasteiger partial charge is 0.145 e. The quantitative estimate of drug-likeness (QED) is 0.167. The van der Waals surface area contributed by atoms with Gasteiger partial charge in [0, 0.05) is 42.5 Å². The molecule has 11 aromatic rings. The molecule has 0 saturated heterocycles. The van der Waals surface area contributed by atoms with E-state index in [0.717, 1.165) is 50.1 Å². The lowest BCUT2D eigenvalue weighted by Crippen LogP contribution is -2.10. The second kappa shape index (κ2) is 11.9. The van der Waals surface area contributed by atoms with Crippen molar-refractivity contribution in [2.24, 2.45) is 0 Å². The van der Waals surface area contributed by atoms with E-state index >= 15 is 0 Å². The highest BCUT2D eigenvalue weighted by Gasteiger charge is 2.23. The molecule has 9 aromatic carbocycles. The summed E-state index contributed by atoms with van der Waals surface area (Å²) in [4.78, 5) is 2.41.